The molecule has 104 valence electrons. The second-order valence-electron chi connectivity index (χ2n) is 4.44. The predicted molar refractivity (Wildman–Crippen MR) is 74.2 cm³/mol. The Hall–Kier alpha value is -2.02. The van der Waals surface area contributed by atoms with Gasteiger partial charge in [0.25, 0.3) is 0 Å². The maximum atomic E-state index is 11.0. The van der Waals surface area contributed by atoms with Crippen LogP contribution >= 0.6 is 15.9 Å². The minimum absolute atomic E-state index is 0.00990. The number of fused-ring (bicyclic) bond motifs is 1. The normalized spacial score (nSPS) is 12.8. The van der Waals surface area contributed by atoms with Gasteiger partial charge in [0.2, 0.25) is 6.79 Å². The maximum absolute atomic E-state index is 11.0. The second kappa shape index (κ2) is 4.52. The van der Waals surface area contributed by atoms with Gasteiger partial charge in [-0.1, -0.05) is 0 Å². The van der Waals surface area contributed by atoms with Gasteiger partial charge in [-0.25, -0.2) is 4.79 Å². The zero-order chi connectivity index (χ0) is 14.4. The molecule has 1 N–H and O–H groups in total. The van der Waals surface area contributed by atoms with Gasteiger partial charge in [-0.05, 0) is 40.5 Å². The third kappa shape index (κ3) is 1.85. The van der Waals surface area contributed by atoms with Crippen LogP contribution in [0.25, 0.3) is 11.3 Å². The van der Waals surface area contributed by atoms with Crippen LogP contribution in [0.4, 0.5) is 0 Å². The first-order valence-electron chi connectivity index (χ1n) is 5.85. The highest BCUT2D eigenvalue weighted by molar-refractivity contribution is 9.10. The van der Waals surface area contributed by atoms with Crippen LogP contribution in [-0.2, 0) is 7.05 Å². The summed E-state index contributed by atoms with van der Waals surface area (Å²) in [7, 11) is 1.71. The van der Waals surface area contributed by atoms with Crippen molar-refractivity contribution in [1.82, 2.24) is 9.78 Å². The van der Waals surface area contributed by atoms with Crippen LogP contribution in [0.5, 0.6) is 11.5 Å². The van der Waals surface area contributed by atoms with E-state index in [-0.39, 0.29) is 12.5 Å². The molecule has 3 rings (SSSR count). The summed E-state index contributed by atoms with van der Waals surface area (Å²) in [5, 5.41) is 13.0. The molecule has 0 bridgehead atoms. The summed E-state index contributed by atoms with van der Waals surface area (Å²) in [6, 6.07) is 3.38. The van der Waals surface area contributed by atoms with Crippen LogP contribution in [0.2, 0.25) is 0 Å². The van der Waals surface area contributed by atoms with Gasteiger partial charge in [-0.15, -0.1) is 0 Å². The molecule has 1 aromatic heterocycles. The van der Waals surface area contributed by atoms with Crippen molar-refractivity contribution >= 4 is 21.9 Å². The van der Waals surface area contributed by atoms with Crippen molar-refractivity contribution in [1.29, 1.82) is 0 Å². The number of carbonyl (C=O) groups is 1. The van der Waals surface area contributed by atoms with E-state index in [2.05, 4.69) is 21.0 Å². The standard InChI is InChI=1S/C13H11BrN2O4/c1-6-7(3-10-12(11(6)14)20-5-19-10)9-4-8(13(17)18)15-16(9)2/h3-4H,5H2,1-2H3,(H,17,18). The first-order chi connectivity index (χ1) is 9.49. The first kappa shape index (κ1) is 13.0. The summed E-state index contributed by atoms with van der Waals surface area (Å²) in [5.41, 5.74) is 2.51. The van der Waals surface area contributed by atoms with E-state index in [0.29, 0.717) is 17.2 Å². The number of aryl methyl sites for hydroxylation is 1. The van der Waals surface area contributed by atoms with Gasteiger partial charge in [0.05, 0.1) is 10.2 Å². The average Bonchev–Trinajstić information content (AvgIpc) is 3.00. The lowest BCUT2D eigenvalue weighted by atomic mass is 10.0. The molecule has 0 spiro atoms. The molecule has 6 nitrogen and oxygen atoms in total. The zero-order valence-corrected chi connectivity index (χ0v) is 12.4. The number of hydrogen-bond acceptors (Lipinski definition) is 4. The number of hydrogen-bond donors (Lipinski definition) is 1. The molecule has 1 aromatic carbocycles. The Kier molecular flexibility index (Phi) is 2.93. The molecular formula is C13H11BrN2O4. The molecule has 1 aliphatic rings. The minimum atomic E-state index is -1.05. The van der Waals surface area contributed by atoms with E-state index < -0.39 is 5.97 Å². The summed E-state index contributed by atoms with van der Waals surface area (Å²) in [4.78, 5) is 11.0. The van der Waals surface area contributed by atoms with E-state index in [1.165, 1.54) is 0 Å². The number of aromatic nitrogens is 2. The molecule has 0 radical (unpaired) electrons. The van der Waals surface area contributed by atoms with Crippen LogP contribution < -0.4 is 9.47 Å². The molecule has 0 saturated heterocycles. The zero-order valence-electron chi connectivity index (χ0n) is 10.8. The molecule has 7 heteroatoms. The number of halogens is 1. The van der Waals surface area contributed by atoms with Gasteiger partial charge >= 0.3 is 5.97 Å². The fourth-order valence-corrected chi connectivity index (χ4v) is 2.71. The van der Waals surface area contributed by atoms with Crippen molar-refractivity contribution in [2.45, 2.75) is 6.92 Å². The van der Waals surface area contributed by atoms with Crippen LogP contribution in [0.3, 0.4) is 0 Å². The van der Waals surface area contributed by atoms with Gasteiger partial charge in [0, 0.05) is 12.6 Å². The number of nitrogens with zero attached hydrogens (tertiary/aromatic N) is 2. The lowest BCUT2D eigenvalue weighted by Gasteiger charge is -2.10. The SMILES string of the molecule is Cc1c(-c2cc(C(=O)O)nn2C)cc2c(c1Br)OCO2. The number of ether oxygens (including phenoxy) is 2. The highest BCUT2D eigenvalue weighted by Gasteiger charge is 2.23. The molecule has 0 fully saturated rings. The van der Waals surface area contributed by atoms with Gasteiger partial charge in [-0.3, -0.25) is 4.68 Å². The third-order valence-electron chi connectivity index (χ3n) is 3.22. The minimum Gasteiger partial charge on any atom is -0.476 e. The monoisotopic (exact) mass is 338 g/mol. The molecule has 0 unspecified atom stereocenters. The number of benzene rings is 1. The van der Waals surface area contributed by atoms with Crippen LogP contribution in [0.15, 0.2) is 16.6 Å². The van der Waals surface area contributed by atoms with Crippen molar-refractivity contribution in [3.05, 3.63) is 27.9 Å². The summed E-state index contributed by atoms with van der Waals surface area (Å²) >= 11 is 3.49. The van der Waals surface area contributed by atoms with Gasteiger partial charge in [-0.2, -0.15) is 5.10 Å². The first-order valence-corrected chi connectivity index (χ1v) is 6.64. The number of aromatic carboxylic acids is 1. The molecule has 0 atom stereocenters. The van der Waals surface area contributed by atoms with Crippen molar-refractivity contribution in [3.63, 3.8) is 0 Å². The van der Waals surface area contributed by atoms with E-state index in [1.54, 1.807) is 17.8 Å². The van der Waals surface area contributed by atoms with Crippen LogP contribution in [-0.4, -0.2) is 27.6 Å². The molecule has 0 saturated carbocycles. The van der Waals surface area contributed by atoms with Gasteiger partial charge in [0.1, 0.15) is 0 Å². The Morgan fingerprint density at radius 1 is 1.45 bits per heavy atom. The maximum Gasteiger partial charge on any atom is 0.356 e. The molecule has 2 heterocycles. The summed E-state index contributed by atoms with van der Waals surface area (Å²) < 4.78 is 13.1. The fourth-order valence-electron chi connectivity index (χ4n) is 2.19. The highest BCUT2D eigenvalue weighted by atomic mass is 79.9. The van der Waals surface area contributed by atoms with Crippen molar-refractivity contribution in [3.8, 4) is 22.8 Å². The topological polar surface area (TPSA) is 73.6 Å². The molecule has 0 amide bonds. The second-order valence-corrected chi connectivity index (χ2v) is 5.23. The lowest BCUT2D eigenvalue weighted by Crippen LogP contribution is -1.99. The highest BCUT2D eigenvalue weighted by Crippen LogP contribution is 2.45. The Labute approximate surface area is 123 Å². The number of carboxylic acids is 1. The quantitative estimate of drug-likeness (QED) is 0.910. The number of carboxylic acid groups (broad SMARTS) is 1. The van der Waals surface area contributed by atoms with E-state index in [0.717, 1.165) is 15.6 Å². The average molecular weight is 339 g/mol. The van der Waals surface area contributed by atoms with E-state index in [4.69, 9.17) is 14.6 Å². The smallest absolute Gasteiger partial charge is 0.356 e. The predicted octanol–water partition coefficient (Wildman–Crippen LogP) is 2.58. The molecular weight excluding hydrogens is 328 g/mol. The third-order valence-corrected chi connectivity index (χ3v) is 4.18. The molecule has 1 aliphatic heterocycles. The molecule has 0 aliphatic carbocycles. The lowest BCUT2D eigenvalue weighted by molar-refractivity contribution is 0.0689. The molecule has 2 aromatic rings. The Balaban J connectivity index is 2.20. The summed E-state index contributed by atoms with van der Waals surface area (Å²) in [5.74, 6) is 0.256. The Bertz CT molecular complexity index is 724. The summed E-state index contributed by atoms with van der Waals surface area (Å²) in [6.07, 6.45) is 0. The van der Waals surface area contributed by atoms with E-state index in [9.17, 15) is 4.79 Å². The largest absolute Gasteiger partial charge is 0.476 e. The van der Waals surface area contributed by atoms with Crippen molar-refractivity contribution in [2.24, 2.45) is 7.05 Å². The summed E-state index contributed by atoms with van der Waals surface area (Å²) in [6.45, 7) is 2.11. The van der Waals surface area contributed by atoms with Crippen molar-refractivity contribution < 1.29 is 19.4 Å². The Morgan fingerprint density at radius 3 is 2.85 bits per heavy atom. The van der Waals surface area contributed by atoms with Gasteiger partial charge < -0.3 is 14.6 Å². The van der Waals surface area contributed by atoms with Gasteiger partial charge in [0.15, 0.2) is 17.2 Å². The van der Waals surface area contributed by atoms with Crippen molar-refractivity contribution in [2.75, 3.05) is 6.79 Å². The fraction of sp³-hybridized carbons (Fsp3) is 0.231. The Morgan fingerprint density at radius 2 is 2.20 bits per heavy atom. The molecule has 20 heavy (non-hydrogen) atoms. The van der Waals surface area contributed by atoms with E-state index in [1.807, 2.05) is 13.0 Å². The van der Waals surface area contributed by atoms with Crippen LogP contribution in [0.1, 0.15) is 16.1 Å². The van der Waals surface area contributed by atoms with Crippen LogP contribution in [0, 0.1) is 6.92 Å². The number of rotatable bonds is 2. The van der Waals surface area contributed by atoms with E-state index >= 15 is 0 Å².